The van der Waals surface area contributed by atoms with Crippen LogP contribution in [0.2, 0.25) is 0 Å². The van der Waals surface area contributed by atoms with Gasteiger partial charge in [0, 0.05) is 4.91 Å². The van der Waals surface area contributed by atoms with E-state index in [9.17, 15) is 14.4 Å². The van der Waals surface area contributed by atoms with Gasteiger partial charge < -0.3 is 5.11 Å². The first-order valence-electron chi connectivity index (χ1n) is 6.45. The Bertz CT molecular complexity index is 898. The molecule has 0 spiro atoms. The summed E-state index contributed by atoms with van der Waals surface area (Å²) in [5.41, 5.74) is 9.10. The average molecular weight is 308 g/mol. The van der Waals surface area contributed by atoms with Crippen molar-refractivity contribution in [2.75, 3.05) is 4.90 Å². The van der Waals surface area contributed by atoms with Crippen LogP contribution in [0.5, 0.6) is 0 Å². The molecule has 2 aromatic carbocycles. The van der Waals surface area contributed by atoms with Gasteiger partial charge in [-0.25, -0.2) is 9.69 Å². The number of benzene rings is 2. The van der Waals surface area contributed by atoms with Gasteiger partial charge in [-0.3, -0.25) is 9.59 Å². The van der Waals surface area contributed by atoms with Gasteiger partial charge in [-0.2, -0.15) is 0 Å². The first-order chi connectivity index (χ1) is 11.0. The minimum atomic E-state index is -1.11. The first kappa shape index (κ1) is 14.3. The van der Waals surface area contributed by atoms with Crippen molar-refractivity contribution in [3.05, 3.63) is 69.6 Å². The van der Waals surface area contributed by atoms with Crippen LogP contribution >= 0.6 is 0 Å². The van der Waals surface area contributed by atoms with Gasteiger partial charge in [0.15, 0.2) is 0 Å². The molecule has 0 atom stereocenters. The number of carbonyl (C=O) groups excluding carboxylic acids is 2. The van der Waals surface area contributed by atoms with Crippen LogP contribution in [0.25, 0.3) is 10.4 Å². The maximum absolute atomic E-state index is 12.5. The molecule has 0 bridgehead atoms. The zero-order valence-electron chi connectivity index (χ0n) is 11.5. The summed E-state index contributed by atoms with van der Waals surface area (Å²) in [7, 11) is 0. The van der Waals surface area contributed by atoms with Gasteiger partial charge in [-0.15, -0.1) is 0 Å². The molecule has 8 nitrogen and oxygen atoms in total. The molecular weight excluding hydrogens is 300 g/mol. The molecule has 1 aliphatic heterocycles. The molecule has 0 unspecified atom stereocenters. The molecule has 0 fully saturated rings. The number of carboxylic acid groups (broad SMARTS) is 1. The van der Waals surface area contributed by atoms with Crippen LogP contribution in [0.1, 0.15) is 31.1 Å². The van der Waals surface area contributed by atoms with Crippen LogP contribution < -0.4 is 4.90 Å². The van der Waals surface area contributed by atoms with Crippen molar-refractivity contribution in [3.63, 3.8) is 0 Å². The predicted molar refractivity (Wildman–Crippen MR) is 79.8 cm³/mol. The third-order valence-electron chi connectivity index (χ3n) is 3.42. The molecule has 0 radical (unpaired) electrons. The Balaban J connectivity index is 2.08. The van der Waals surface area contributed by atoms with Gasteiger partial charge in [-0.05, 0) is 35.9 Å². The van der Waals surface area contributed by atoms with Crippen molar-refractivity contribution in [3.8, 4) is 0 Å². The molecule has 1 aliphatic rings. The second-order valence-electron chi connectivity index (χ2n) is 4.69. The molecular formula is C15H8N4O4. The Morgan fingerprint density at radius 3 is 2.39 bits per heavy atom. The smallest absolute Gasteiger partial charge is 0.335 e. The van der Waals surface area contributed by atoms with E-state index in [1.807, 2.05) is 0 Å². The van der Waals surface area contributed by atoms with Crippen LogP contribution in [-0.2, 0) is 0 Å². The van der Waals surface area contributed by atoms with Crippen molar-refractivity contribution < 1.29 is 19.5 Å². The fourth-order valence-electron chi connectivity index (χ4n) is 2.39. The highest BCUT2D eigenvalue weighted by molar-refractivity contribution is 6.35. The Morgan fingerprint density at radius 2 is 1.78 bits per heavy atom. The van der Waals surface area contributed by atoms with Crippen LogP contribution in [-0.4, -0.2) is 22.9 Å². The van der Waals surface area contributed by atoms with Gasteiger partial charge >= 0.3 is 5.97 Å². The monoisotopic (exact) mass is 308 g/mol. The lowest BCUT2D eigenvalue weighted by Gasteiger charge is -2.13. The summed E-state index contributed by atoms with van der Waals surface area (Å²) in [6.45, 7) is 0. The van der Waals surface area contributed by atoms with Crippen molar-refractivity contribution in [2.24, 2.45) is 5.11 Å². The summed E-state index contributed by atoms with van der Waals surface area (Å²) in [5.74, 6) is -2.27. The second kappa shape index (κ2) is 5.28. The minimum Gasteiger partial charge on any atom is -0.478 e. The fourth-order valence-corrected chi connectivity index (χ4v) is 2.39. The summed E-state index contributed by atoms with van der Waals surface area (Å²) in [6, 6.07) is 9.78. The van der Waals surface area contributed by atoms with E-state index in [0.29, 0.717) is 0 Å². The highest BCUT2D eigenvalue weighted by atomic mass is 16.4. The van der Waals surface area contributed by atoms with Gasteiger partial charge in [0.25, 0.3) is 11.8 Å². The lowest BCUT2D eigenvalue weighted by molar-refractivity contribution is 0.0696. The minimum absolute atomic E-state index is 0.0395. The molecule has 8 heteroatoms. The van der Waals surface area contributed by atoms with Crippen LogP contribution in [0.4, 0.5) is 11.4 Å². The Morgan fingerprint density at radius 1 is 1.09 bits per heavy atom. The number of hydrogen-bond acceptors (Lipinski definition) is 4. The number of anilines is 1. The SMILES string of the molecule is [N-]=[N+]=Nc1cccc2c1C(=O)N(c1ccc(C(=O)O)cc1)C2=O. The van der Waals surface area contributed by atoms with E-state index < -0.39 is 17.8 Å². The number of amides is 2. The lowest BCUT2D eigenvalue weighted by Crippen LogP contribution is -2.29. The number of nitrogens with zero attached hydrogens (tertiary/aromatic N) is 4. The van der Waals surface area contributed by atoms with E-state index in [4.69, 9.17) is 10.6 Å². The molecule has 3 rings (SSSR count). The van der Waals surface area contributed by atoms with Gasteiger partial charge in [0.2, 0.25) is 0 Å². The van der Waals surface area contributed by atoms with Gasteiger partial charge in [0.1, 0.15) is 0 Å². The number of hydrogen-bond donors (Lipinski definition) is 1. The number of carboxylic acids is 1. The van der Waals surface area contributed by atoms with Gasteiger partial charge in [0.05, 0.1) is 28.1 Å². The lowest BCUT2D eigenvalue weighted by atomic mass is 10.1. The highest BCUT2D eigenvalue weighted by Crippen LogP contribution is 2.34. The molecule has 2 amide bonds. The van der Waals surface area contributed by atoms with Crippen molar-refractivity contribution in [1.82, 2.24) is 0 Å². The Kier molecular flexibility index (Phi) is 3.29. The first-order valence-corrected chi connectivity index (χ1v) is 6.45. The normalized spacial score (nSPS) is 12.8. The van der Waals surface area contributed by atoms with E-state index in [1.54, 1.807) is 0 Å². The summed E-state index contributed by atoms with van der Waals surface area (Å²) >= 11 is 0. The molecule has 0 aromatic heterocycles. The Labute approximate surface area is 129 Å². The second-order valence-corrected chi connectivity index (χ2v) is 4.69. The molecule has 1 heterocycles. The molecule has 0 saturated carbocycles. The third-order valence-corrected chi connectivity index (χ3v) is 3.42. The van der Waals surface area contributed by atoms with E-state index in [-0.39, 0.29) is 28.1 Å². The maximum Gasteiger partial charge on any atom is 0.335 e. The molecule has 112 valence electrons. The van der Waals surface area contributed by atoms with Crippen LogP contribution in [0.15, 0.2) is 47.6 Å². The van der Waals surface area contributed by atoms with E-state index in [1.165, 1.54) is 42.5 Å². The largest absolute Gasteiger partial charge is 0.478 e. The highest BCUT2D eigenvalue weighted by Gasteiger charge is 2.38. The molecule has 23 heavy (non-hydrogen) atoms. The summed E-state index contributed by atoms with van der Waals surface area (Å²) < 4.78 is 0. The van der Waals surface area contributed by atoms with Crippen molar-refractivity contribution >= 4 is 29.2 Å². The van der Waals surface area contributed by atoms with Crippen LogP contribution in [0, 0.1) is 0 Å². The number of fused-ring (bicyclic) bond motifs is 1. The number of azide groups is 1. The van der Waals surface area contributed by atoms with Crippen molar-refractivity contribution in [1.29, 1.82) is 0 Å². The standard InChI is InChI=1S/C15H8N4O4/c16-18-17-11-3-1-2-10-12(11)14(21)19(13(10)20)9-6-4-8(5-7-9)15(22)23/h1-7H,(H,22,23). The van der Waals surface area contributed by atoms with E-state index >= 15 is 0 Å². The maximum atomic E-state index is 12.5. The topological polar surface area (TPSA) is 123 Å². The average Bonchev–Trinajstić information content (AvgIpc) is 2.80. The zero-order valence-corrected chi connectivity index (χ0v) is 11.5. The van der Waals surface area contributed by atoms with Crippen molar-refractivity contribution in [2.45, 2.75) is 0 Å². The summed E-state index contributed by atoms with van der Waals surface area (Å²) in [6.07, 6.45) is 0. The molecule has 0 aliphatic carbocycles. The number of rotatable bonds is 3. The van der Waals surface area contributed by atoms with Crippen LogP contribution in [0.3, 0.4) is 0 Å². The summed E-state index contributed by atoms with van der Waals surface area (Å²) in [4.78, 5) is 39.4. The quantitative estimate of drug-likeness (QED) is 0.405. The van der Waals surface area contributed by atoms with E-state index in [2.05, 4.69) is 10.0 Å². The number of imide groups is 1. The third kappa shape index (κ3) is 2.19. The fraction of sp³-hybridized carbons (Fsp3) is 0. The summed E-state index contributed by atoms with van der Waals surface area (Å²) in [5, 5.41) is 12.3. The van der Waals surface area contributed by atoms with Gasteiger partial charge in [-0.1, -0.05) is 17.2 Å². The van der Waals surface area contributed by atoms with E-state index in [0.717, 1.165) is 4.90 Å². The Hall–Kier alpha value is -3.64. The molecule has 1 N–H and O–H groups in total. The molecule has 2 aromatic rings. The number of aromatic carboxylic acids is 1. The molecule has 0 saturated heterocycles. The predicted octanol–water partition coefficient (Wildman–Crippen LogP) is 3.13. The zero-order chi connectivity index (χ0) is 16.6. The number of carbonyl (C=O) groups is 3.